The number of hydrogen-bond acceptors (Lipinski definition) is 4. The molecule has 0 unspecified atom stereocenters. The second-order valence-electron chi connectivity index (χ2n) is 7.22. The zero-order valence-electron chi connectivity index (χ0n) is 16.3. The molecule has 0 aliphatic carbocycles. The zero-order valence-corrected chi connectivity index (χ0v) is 16.3. The third kappa shape index (κ3) is 4.02. The summed E-state index contributed by atoms with van der Waals surface area (Å²) < 4.78 is 9.47. The van der Waals surface area contributed by atoms with Crippen LogP contribution in [0.3, 0.4) is 0 Å². The molecular weight excluding hydrogens is 342 g/mol. The number of anilines is 1. The minimum atomic E-state index is -1.10. The van der Waals surface area contributed by atoms with Crippen molar-refractivity contribution in [1.82, 2.24) is 19.6 Å². The van der Waals surface area contributed by atoms with Crippen molar-refractivity contribution < 1.29 is 9.53 Å². The van der Waals surface area contributed by atoms with Crippen molar-refractivity contribution in [3.8, 4) is 11.6 Å². The van der Waals surface area contributed by atoms with Crippen LogP contribution in [0.5, 0.6) is 5.88 Å². The first kappa shape index (κ1) is 18.7. The highest BCUT2D eigenvalue weighted by Gasteiger charge is 2.32. The van der Waals surface area contributed by atoms with Crippen LogP contribution in [0.2, 0.25) is 0 Å². The van der Waals surface area contributed by atoms with Crippen LogP contribution < -0.4 is 10.1 Å². The maximum atomic E-state index is 12.8. The Bertz CT molecular complexity index is 925. The van der Waals surface area contributed by atoms with Crippen LogP contribution in [-0.4, -0.2) is 31.1 Å². The summed E-state index contributed by atoms with van der Waals surface area (Å²) in [6, 6.07) is 11.7. The lowest BCUT2D eigenvalue weighted by molar-refractivity contribution is -0.128. The summed E-state index contributed by atoms with van der Waals surface area (Å²) in [5.41, 5.74) is 0.678. The number of nitrogens with zero attached hydrogens (tertiary/aromatic N) is 4. The van der Waals surface area contributed by atoms with Crippen LogP contribution in [0.1, 0.15) is 39.3 Å². The molecule has 0 atom stereocenters. The molecule has 7 heteroatoms. The highest BCUT2D eigenvalue weighted by Crippen LogP contribution is 2.24. The van der Waals surface area contributed by atoms with Crippen LogP contribution >= 0.6 is 0 Å². The van der Waals surface area contributed by atoms with E-state index in [2.05, 4.69) is 15.5 Å². The molecule has 142 valence electrons. The van der Waals surface area contributed by atoms with E-state index >= 15 is 0 Å². The highest BCUT2D eigenvalue weighted by atomic mass is 16.5. The number of rotatable bonds is 6. The molecule has 2 aromatic heterocycles. The normalized spacial score (nSPS) is 11.6. The molecule has 3 rings (SSSR count). The van der Waals surface area contributed by atoms with Crippen LogP contribution in [0.15, 0.2) is 48.8 Å². The molecule has 7 nitrogen and oxygen atoms in total. The Balaban J connectivity index is 1.77. The van der Waals surface area contributed by atoms with Crippen LogP contribution in [-0.2, 0) is 4.79 Å². The molecule has 0 spiro atoms. The Kier molecular flexibility index (Phi) is 5.03. The Morgan fingerprint density at radius 1 is 1.19 bits per heavy atom. The fraction of sp³-hybridized carbons (Fsp3) is 0.350. The molecule has 0 bridgehead atoms. The van der Waals surface area contributed by atoms with E-state index in [1.807, 2.05) is 57.3 Å². The zero-order chi connectivity index (χ0) is 19.6. The van der Waals surface area contributed by atoms with E-state index in [0.717, 1.165) is 11.3 Å². The van der Waals surface area contributed by atoms with E-state index in [-0.39, 0.29) is 11.9 Å². The Morgan fingerprint density at radius 3 is 2.56 bits per heavy atom. The van der Waals surface area contributed by atoms with E-state index < -0.39 is 5.60 Å². The summed E-state index contributed by atoms with van der Waals surface area (Å²) in [6.45, 7) is 9.36. The van der Waals surface area contributed by atoms with Gasteiger partial charge in [0.25, 0.3) is 5.91 Å². The summed E-state index contributed by atoms with van der Waals surface area (Å²) in [5.74, 6) is 0.799. The predicted molar refractivity (Wildman–Crippen MR) is 104 cm³/mol. The Labute approximate surface area is 159 Å². The quantitative estimate of drug-likeness (QED) is 0.720. The molecule has 2 heterocycles. The van der Waals surface area contributed by atoms with E-state index in [9.17, 15) is 4.79 Å². The first-order chi connectivity index (χ1) is 12.8. The number of ether oxygens (including phenoxy) is 1. The van der Waals surface area contributed by atoms with Gasteiger partial charge in [0, 0.05) is 23.9 Å². The standard InChI is InChI=1S/C20H25N5O2/c1-14(2)25-17(11-12-21-25)22-19(26)20(4,5)27-18-15(3)13-24(23-18)16-9-7-6-8-10-16/h6-14H,1-5H3,(H,22,26). The minimum Gasteiger partial charge on any atom is -0.460 e. The predicted octanol–water partition coefficient (Wildman–Crippen LogP) is 3.75. The lowest BCUT2D eigenvalue weighted by atomic mass is 10.1. The minimum absolute atomic E-state index is 0.142. The number of benzene rings is 1. The SMILES string of the molecule is Cc1cn(-c2ccccc2)nc1OC(C)(C)C(=O)Nc1ccnn1C(C)C. The maximum absolute atomic E-state index is 12.8. The van der Waals surface area contributed by atoms with Gasteiger partial charge in [0.05, 0.1) is 11.9 Å². The number of carbonyl (C=O) groups is 1. The van der Waals surface area contributed by atoms with Crippen molar-refractivity contribution in [3.63, 3.8) is 0 Å². The molecule has 1 amide bonds. The average Bonchev–Trinajstić information content (AvgIpc) is 3.22. The number of amides is 1. The first-order valence-electron chi connectivity index (χ1n) is 8.93. The molecule has 0 saturated carbocycles. The number of aryl methyl sites for hydroxylation is 1. The largest absolute Gasteiger partial charge is 0.460 e. The third-order valence-corrected chi connectivity index (χ3v) is 4.17. The lowest BCUT2D eigenvalue weighted by Crippen LogP contribution is -2.43. The highest BCUT2D eigenvalue weighted by molar-refractivity contribution is 5.96. The van der Waals surface area contributed by atoms with Gasteiger partial charge in [-0.1, -0.05) is 18.2 Å². The summed E-state index contributed by atoms with van der Waals surface area (Å²) >= 11 is 0. The molecule has 1 N–H and O–H groups in total. The number of para-hydroxylation sites is 1. The summed E-state index contributed by atoms with van der Waals surface area (Å²) in [7, 11) is 0. The van der Waals surface area contributed by atoms with Gasteiger partial charge in [-0.05, 0) is 46.8 Å². The maximum Gasteiger partial charge on any atom is 0.269 e. The number of nitrogens with one attached hydrogen (secondary N) is 1. The van der Waals surface area contributed by atoms with Gasteiger partial charge >= 0.3 is 0 Å². The summed E-state index contributed by atoms with van der Waals surface area (Å²) in [4.78, 5) is 12.8. The fourth-order valence-electron chi connectivity index (χ4n) is 2.64. The Morgan fingerprint density at radius 2 is 1.89 bits per heavy atom. The topological polar surface area (TPSA) is 74.0 Å². The van der Waals surface area contributed by atoms with E-state index in [1.165, 1.54) is 0 Å². The molecule has 0 aliphatic heterocycles. The van der Waals surface area contributed by atoms with Crippen LogP contribution in [0.25, 0.3) is 5.69 Å². The average molecular weight is 367 g/mol. The first-order valence-corrected chi connectivity index (χ1v) is 8.93. The molecule has 27 heavy (non-hydrogen) atoms. The van der Waals surface area contributed by atoms with Gasteiger partial charge in [0.15, 0.2) is 5.60 Å². The van der Waals surface area contributed by atoms with Gasteiger partial charge in [0.2, 0.25) is 5.88 Å². The Hall–Kier alpha value is -3.09. The van der Waals surface area contributed by atoms with Crippen LogP contribution in [0, 0.1) is 6.92 Å². The van der Waals surface area contributed by atoms with Gasteiger partial charge in [-0.2, -0.15) is 5.10 Å². The molecule has 3 aromatic rings. The summed E-state index contributed by atoms with van der Waals surface area (Å²) in [5, 5.41) is 11.6. The van der Waals surface area contributed by atoms with Gasteiger partial charge in [-0.15, -0.1) is 5.10 Å². The second-order valence-corrected chi connectivity index (χ2v) is 7.22. The molecule has 0 aliphatic rings. The van der Waals surface area contributed by atoms with Crippen molar-refractivity contribution in [2.45, 2.75) is 46.3 Å². The van der Waals surface area contributed by atoms with Gasteiger partial charge in [-0.25, -0.2) is 9.36 Å². The third-order valence-electron chi connectivity index (χ3n) is 4.17. The lowest BCUT2D eigenvalue weighted by Gasteiger charge is -2.24. The molecular formula is C20H25N5O2. The van der Waals surface area contributed by atoms with Gasteiger partial charge < -0.3 is 10.1 Å². The number of carbonyl (C=O) groups excluding carboxylic acids is 1. The number of aromatic nitrogens is 4. The van der Waals surface area contributed by atoms with E-state index in [1.54, 1.807) is 35.5 Å². The molecule has 0 fully saturated rings. The molecule has 1 aromatic carbocycles. The molecule has 0 saturated heterocycles. The number of hydrogen-bond donors (Lipinski definition) is 1. The van der Waals surface area contributed by atoms with Gasteiger partial charge in [-0.3, -0.25) is 4.79 Å². The van der Waals surface area contributed by atoms with Crippen molar-refractivity contribution >= 4 is 11.7 Å². The van der Waals surface area contributed by atoms with Crippen molar-refractivity contribution in [2.75, 3.05) is 5.32 Å². The fourth-order valence-corrected chi connectivity index (χ4v) is 2.64. The van der Waals surface area contributed by atoms with E-state index in [0.29, 0.717) is 11.7 Å². The summed E-state index contributed by atoms with van der Waals surface area (Å²) in [6.07, 6.45) is 3.54. The molecule has 0 radical (unpaired) electrons. The smallest absolute Gasteiger partial charge is 0.269 e. The second kappa shape index (κ2) is 7.26. The van der Waals surface area contributed by atoms with Crippen LogP contribution in [0.4, 0.5) is 5.82 Å². The van der Waals surface area contributed by atoms with E-state index in [4.69, 9.17) is 4.74 Å². The van der Waals surface area contributed by atoms with Crippen molar-refractivity contribution in [2.24, 2.45) is 0 Å². The van der Waals surface area contributed by atoms with Gasteiger partial charge in [0.1, 0.15) is 5.82 Å². The monoisotopic (exact) mass is 367 g/mol. The van der Waals surface area contributed by atoms with Crippen molar-refractivity contribution in [3.05, 3.63) is 54.4 Å². The van der Waals surface area contributed by atoms with Crippen molar-refractivity contribution in [1.29, 1.82) is 0 Å².